The first-order valence-corrected chi connectivity index (χ1v) is 16.9. The Hall–Kier alpha value is -1.78. The van der Waals surface area contributed by atoms with Crippen LogP contribution < -0.4 is 11.2 Å². The number of hydrogen-bond acceptors (Lipinski definition) is 8. The Kier molecular flexibility index (Phi) is 9.62. The molecule has 1 aromatic rings. The van der Waals surface area contributed by atoms with Gasteiger partial charge in [0.1, 0.15) is 18.3 Å². The van der Waals surface area contributed by atoms with Gasteiger partial charge < -0.3 is 22.4 Å². The minimum Gasteiger partial charge on any atom is -0.414 e. The van der Waals surface area contributed by atoms with Gasteiger partial charge in [-0.15, -0.1) is 0 Å². The molecule has 4 atom stereocenters. The summed E-state index contributed by atoms with van der Waals surface area (Å²) in [7, 11) is -5.74. The molecular formula is C23H41N5O7Si2. The normalized spacial score (nSPS) is 27.2. The SMILES string of the molecule is CC(C)[Si]1(C(C)C)OC[C@H]2O[C@@H](n3ccc(=O)[nH]c3=O)[C@H](OCCN=[N+]=[N-])[C@@H]2O[Si](C(C)C)(C(C)C)O1. The lowest BCUT2D eigenvalue weighted by Crippen LogP contribution is -2.66. The summed E-state index contributed by atoms with van der Waals surface area (Å²) in [6.07, 6.45) is -1.36. The van der Waals surface area contributed by atoms with E-state index < -0.39 is 52.9 Å². The number of ether oxygens (including phenoxy) is 2. The van der Waals surface area contributed by atoms with Crippen LogP contribution in [0.2, 0.25) is 22.2 Å². The third kappa shape index (κ3) is 5.81. The molecule has 0 radical (unpaired) electrons. The molecule has 3 rings (SSSR count). The Morgan fingerprint density at radius 3 is 2.27 bits per heavy atom. The number of nitrogens with one attached hydrogen (secondary N) is 1. The molecule has 0 bridgehead atoms. The van der Waals surface area contributed by atoms with Gasteiger partial charge in [0.05, 0.1) is 13.2 Å². The van der Waals surface area contributed by atoms with Crippen LogP contribution in [0.3, 0.4) is 0 Å². The molecule has 2 aliphatic rings. The maximum absolute atomic E-state index is 12.7. The molecule has 1 aromatic heterocycles. The molecule has 0 amide bonds. The number of azide groups is 1. The summed E-state index contributed by atoms with van der Waals surface area (Å²) in [4.78, 5) is 29.5. The highest BCUT2D eigenvalue weighted by molar-refractivity contribution is 6.83. The van der Waals surface area contributed by atoms with Crippen molar-refractivity contribution in [2.75, 3.05) is 19.8 Å². The van der Waals surface area contributed by atoms with Crippen molar-refractivity contribution in [3.05, 3.63) is 43.5 Å². The lowest BCUT2D eigenvalue weighted by atomic mass is 10.1. The average Bonchev–Trinajstić information content (AvgIpc) is 3.12. The minimum absolute atomic E-state index is 0.0953. The van der Waals surface area contributed by atoms with Crippen LogP contribution in [-0.4, -0.2) is 64.7 Å². The van der Waals surface area contributed by atoms with Crippen LogP contribution in [0.25, 0.3) is 10.4 Å². The van der Waals surface area contributed by atoms with E-state index in [0.29, 0.717) is 0 Å². The van der Waals surface area contributed by atoms with Gasteiger partial charge in [-0.3, -0.25) is 14.3 Å². The van der Waals surface area contributed by atoms with Crippen molar-refractivity contribution < 1.29 is 22.4 Å². The first-order chi connectivity index (χ1) is 17.4. The van der Waals surface area contributed by atoms with Gasteiger partial charge in [0.15, 0.2) is 6.23 Å². The second-order valence-electron chi connectivity index (χ2n) is 10.9. The number of fused-ring (bicyclic) bond motifs is 1. The third-order valence-corrected chi connectivity index (χ3v) is 17.6. The van der Waals surface area contributed by atoms with Crippen molar-refractivity contribution in [3.8, 4) is 0 Å². The number of hydrogen-bond donors (Lipinski definition) is 1. The van der Waals surface area contributed by atoms with E-state index in [1.807, 2.05) is 0 Å². The molecule has 208 valence electrons. The van der Waals surface area contributed by atoms with E-state index in [0.717, 1.165) is 0 Å². The van der Waals surface area contributed by atoms with Crippen molar-refractivity contribution in [3.63, 3.8) is 0 Å². The highest BCUT2D eigenvalue weighted by Gasteiger charge is 2.62. The number of nitrogens with zero attached hydrogens (tertiary/aromatic N) is 4. The molecule has 12 nitrogen and oxygen atoms in total. The largest absolute Gasteiger partial charge is 0.414 e. The highest BCUT2D eigenvalue weighted by Crippen LogP contribution is 2.48. The summed E-state index contributed by atoms with van der Waals surface area (Å²) in [5.41, 5.74) is 8.10. The second kappa shape index (κ2) is 12.0. The van der Waals surface area contributed by atoms with E-state index in [9.17, 15) is 9.59 Å². The molecule has 0 aromatic carbocycles. The second-order valence-corrected chi connectivity index (χ2v) is 19.8. The van der Waals surface area contributed by atoms with Gasteiger partial charge >= 0.3 is 22.8 Å². The van der Waals surface area contributed by atoms with E-state index in [1.165, 1.54) is 16.8 Å². The molecule has 2 aliphatic heterocycles. The fraction of sp³-hybridized carbons (Fsp3) is 0.826. The number of aromatic amines is 1. The summed E-state index contributed by atoms with van der Waals surface area (Å²) < 4.78 is 35.0. The molecule has 0 aliphatic carbocycles. The lowest BCUT2D eigenvalue weighted by molar-refractivity contribution is -0.0717. The van der Waals surface area contributed by atoms with Crippen molar-refractivity contribution in [1.29, 1.82) is 0 Å². The summed E-state index contributed by atoms with van der Waals surface area (Å²) >= 11 is 0. The van der Waals surface area contributed by atoms with Gasteiger partial charge in [-0.2, -0.15) is 0 Å². The fourth-order valence-electron chi connectivity index (χ4n) is 5.43. The van der Waals surface area contributed by atoms with E-state index >= 15 is 0 Å². The Labute approximate surface area is 219 Å². The van der Waals surface area contributed by atoms with E-state index in [2.05, 4.69) is 70.4 Å². The molecule has 3 heterocycles. The predicted octanol–water partition coefficient (Wildman–Crippen LogP) is 4.09. The van der Waals surface area contributed by atoms with Gasteiger partial charge in [0, 0.05) is 23.7 Å². The van der Waals surface area contributed by atoms with Crippen LogP contribution in [0.5, 0.6) is 0 Å². The molecule has 0 spiro atoms. The van der Waals surface area contributed by atoms with Gasteiger partial charge in [-0.1, -0.05) is 60.5 Å². The molecule has 14 heteroatoms. The summed E-state index contributed by atoms with van der Waals surface area (Å²) in [6, 6.07) is 1.26. The van der Waals surface area contributed by atoms with Gasteiger partial charge in [-0.25, -0.2) is 4.79 Å². The van der Waals surface area contributed by atoms with Crippen LogP contribution in [0.4, 0.5) is 0 Å². The molecule has 1 N–H and O–H groups in total. The fourth-order valence-corrected chi connectivity index (χ4v) is 16.6. The molecular weight excluding hydrogens is 514 g/mol. The maximum Gasteiger partial charge on any atom is 0.335 e. The third-order valence-electron chi connectivity index (χ3n) is 7.31. The molecule has 0 saturated carbocycles. The number of aromatic nitrogens is 2. The Balaban J connectivity index is 2.13. The first kappa shape index (κ1) is 29.8. The van der Waals surface area contributed by atoms with Gasteiger partial charge in [0.25, 0.3) is 5.56 Å². The average molecular weight is 556 g/mol. The Bertz CT molecular complexity index is 1070. The molecule has 2 saturated heterocycles. The Morgan fingerprint density at radius 1 is 1.11 bits per heavy atom. The Morgan fingerprint density at radius 2 is 1.73 bits per heavy atom. The zero-order chi connectivity index (χ0) is 27.5. The van der Waals surface area contributed by atoms with Crippen molar-refractivity contribution >= 4 is 17.1 Å². The zero-order valence-electron chi connectivity index (χ0n) is 23.0. The predicted molar refractivity (Wildman–Crippen MR) is 143 cm³/mol. The van der Waals surface area contributed by atoms with Crippen molar-refractivity contribution in [2.24, 2.45) is 5.11 Å². The number of H-pyrrole nitrogens is 1. The van der Waals surface area contributed by atoms with Crippen LogP contribution in [-0.2, 0) is 22.4 Å². The van der Waals surface area contributed by atoms with E-state index in [1.54, 1.807) is 0 Å². The van der Waals surface area contributed by atoms with Gasteiger partial charge in [0.2, 0.25) is 0 Å². The molecule has 37 heavy (non-hydrogen) atoms. The van der Waals surface area contributed by atoms with Crippen LogP contribution in [0.15, 0.2) is 27.0 Å². The number of rotatable bonds is 9. The summed E-state index contributed by atoms with van der Waals surface area (Å²) in [6.45, 7) is 17.5. The minimum atomic E-state index is -2.97. The first-order valence-electron chi connectivity index (χ1n) is 13.0. The van der Waals surface area contributed by atoms with Crippen molar-refractivity contribution in [2.45, 2.75) is 102 Å². The molecule has 0 unspecified atom stereocenters. The standard InChI is InChI=1S/C23H41N5O7Si2/c1-14(2)36(15(3)4)32-13-18-20(34-37(35-36,16(5)6)17(7)8)21(31-12-10-25-27-24)22(33-18)28-11-9-19(29)26-23(28)30/h9,11,14-18,20-22H,10,12-13H2,1-8H3,(H,26,29,30)/t18-,20-,21-,22-/m1/s1. The lowest BCUT2D eigenvalue weighted by Gasteiger charge is -2.51. The monoisotopic (exact) mass is 555 g/mol. The van der Waals surface area contributed by atoms with Crippen molar-refractivity contribution in [1.82, 2.24) is 9.55 Å². The maximum atomic E-state index is 12.7. The topological polar surface area (TPSA) is 150 Å². The summed E-state index contributed by atoms with van der Waals surface area (Å²) in [5.74, 6) is 0. The van der Waals surface area contributed by atoms with Crippen LogP contribution in [0.1, 0.15) is 61.6 Å². The van der Waals surface area contributed by atoms with Crippen LogP contribution >= 0.6 is 0 Å². The quantitative estimate of drug-likeness (QED) is 0.158. The highest BCUT2D eigenvalue weighted by atomic mass is 28.5. The molecule has 2 fully saturated rings. The smallest absolute Gasteiger partial charge is 0.335 e. The van der Waals surface area contributed by atoms with Crippen LogP contribution in [0, 0.1) is 0 Å². The van der Waals surface area contributed by atoms with E-state index in [-0.39, 0.29) is 41.9 Å². The van der Waals surface area contributed by atoms with E-state index in [4.69, 9.17) is 28.0 Å². The zero-order valence-corrected chi connectivity index (χ0v) is 25.0. The van der Waals surface area contributed by atoms with Gasteiger partial charge in [-0.05, 0) is 27.7 Å². The summed E-state index contributed by atoms with van der Waals surface area (Å²) in [5, 5.41) is 3.56.